The summed E-state index contributed by atoms with van der Waals surface area (Å²) in [5.41, 5.74) is 5.40. The Labute approximate surface area is 366 Å². The van der Waals surface area contributed by atoms with Gasteiger partial charge in [-0.3, -0.25) is 13.8 Å². The third-order valence-corrected chi connectivity index (χ3v) is 12.9. The number of hydrogen-bond acceptors (Lipinski definition) is 6. The molecule has 0 rings (SSSR count). The van der Waals surface area contributed by atoms with Crippen LogP contribution in [0.3, 0.4) is 0 Å². The van der Waals surface area contributed by atoms with E-state index in [9.17, 15) is 19.4 Å². The number of carbonyl (C=O) groups is 1. The number of nitrogens with two attached hydrogens (primary N) is 1. The zero-order chi connectivity index (χ0) is 43.2. The Hall–Kier alpha value is -0.760. The third-order valence-electron chi connectivity index (χ3n) is 11.9. The third kappa shape index (κ3) is 45.1. The van der Waals surface area contributed by atoms with Crippen LogP contribution in [0.15, 0.2) is 12.2 Å². The molecule has 0 aliphatic rings. The Morgan fingerprint density at radius 1 is 0.542 bits per heavy atom. The summed E-state index contributed by atoms with van der Waals surface area (Å²) in [6.07, 6.45) is 53.7. The molecule has 59 heavy (non-hydrogen) atoms. The van der Waals surface area contributed by atoms with Crippen LogP contribution in [-0.4, -0.2) is 47.8 Å². The normalized spacial score (nSPS) is 13.9. The Bertz CT molecular complexity index is 937. The fourth-order valence-electron chi connectivity index (χ4n) is 7.96. The second-order valence-electron chi connectivity index (χ2n) is 17.7. The van der Waals surface area contributed by atoms with E-state index in [1.807, 2.05) is 0 Å². The Kier molecular flexibility index (Phi) is 46.1. The number of rotatable bonds is 49. The van der Waals surface area contributed by atoms with E-state index in [0.717, 1.165) is 38.5 Å². The maximum atomic E-state index is 12.8. The minimum Gasteiger partial charge on any atom is -0.391 e. The number of phosphoric acid groups is 1. The summed E-state index contributed by atoms with van der Waals surface area (Å²) in [7, 11) is -4.32. The molecule has 1 amide bonds. The molecule has 0 heterocycles. The first-order valence-electron chi connectivity index (χ1n) is 25.8. The van der Waals surface area contributed by atoms with E-state index in [4.69, 9.17) is 14.8 Å². The molecule has 0 radical (unpaired) electrons. The van der Waals surface area contributed by atoms with Crippen LogP contribution >= 0.6 is 7.82 Å². The molecule has 8 nitrogen and oxygen atoms in total. The SMILES string of the molecule is CCCCCCCC/C=C\CCCCCCCCCCCC(=O)NC(COP(=O)(O)OCCN)C(O)CCCCCCCCCCCCCCCCCCCCCCC. The number of amides is 1. The van der Waals surface area contributed by atoms with Gasteiger partial charge < -0.3 is 21.1 Å². The van der Waals surface area contributed by atoms with Crippen LogP contribution in [-0.2, 0) is 18.4 Å². The molecule has 0 spiro atoms. The number of unbranched alkanes of at least 4 members (excludes halogenated alkanes) is 35. The molecule has 0 aromatic heterocycles. The van der Waals surface area contributed by atoms with Crippen molar-refractivity contribution < 1.29 is 28.4 Å². The van der Waals surface area contributed by atoms with Gasteiger partial charge in [-0.1, -0.05) is 238 Å². The highest BCUT2D eigenvalue weighted by Gasteiger charge is 2.27. The summed E-state index contributed by atoms with van der Waals surface area (Å²) in [6.45, 7) is 4.25. The summed E-state index contributed by atoms with van der Waals surface area (Å²) in [6, 6.07) is -0.773. The summed E-state index contributed by atoms with van der Waals surface area (Å²) in [5, 5.41) is 13.9. The zero-order valence-electron chi connectivity index (χ0n) is 39.3. The van der Waals surface area contributed by atoms with Gasteiger partial charge in [0.05, 0.1) is 25.4 Å². The number of phosphoric ester groups is 1. The van der Waals surface area contributed by atoms with Gasteiger partial charge in [-0.05, 0) is 38.5 Å². The van der Waals surface area contributed by atoms with Gasteiger partial charge >= 0.3 is 7.82 Å². The van der Waals surface area contributed by atoms with Crippen molar-refractivity contribution in [2.75, 3.05) is 19.8 Å². The van der Waals surface area contributed by atoms with Gasteiger partial charge in [-0.15, -0.1) is 0 Å². The van der Waals surface area contributed by atoms with Gasteiger partial charge in [-0.2, -0.15) is 0 Å². The number of nitrogens with one attached hydrogen (secondary N) is 1. The molecule has 9 heteroatoms. The second kappa shape index (κ2) is 46.7. The van der Waals surface area contributed by atoms with Crippen LogP contribution < -0.4 is 11.1 Å². The van der Waals surface area contributed by atoms with Crippen molar-refractivity contribution in [2.24, 2.45) is 5.73 Å². The summed E-state index contributed by atoms with van der Waals surface area (Å²) in [5.74, 6) is -0.159. The lowest BCUT2D eigenvalue weighted by atomic mass is 10.0. The first-order chi connectivity index (χ1) is 28.9. The summed E-state index contributed by atoms with van der Waals surface area (Å²) >= 11 is 0. The van der Waals surface area contributed by atoms with E-state index in [2.05, 4.69) is 31.3 Å². The second-order valence-corrected chi connectivity index (χ2v) is 19.2. The van der Waals surface area contributed by atoms with E-state index in [-0.39, 0.29) is 25.7 Å². The lowest BCUT2D eigenvalue weighted by molar-refractivity contribution is -0.123. The number of carbonyl (C=O) groups excluding carboxylic acids is 1. The number of hydrogen-bond donors (Lipinski definition) is 4. The van der Waals surface area contributed by atoms with Crippen LogP contribution in [0.25, 0.3) is 0 Å². The molecule has 3 unspecified atom stereocenters. The standard InChI is InChI=1S/C50H101N2O6P/c1-3-5-7-9-11-13-15-17-19-21-23-24-26-27-29-31-33-35-37-39-41-43-49(53)48(47-58-59(55,56)57-46-45-51)52-50(54)44-42-40-38-36-34-32-30-28-25-22-20-18-16-14-12-10-8-6-4-2/h18,20,48-49,53H,3-17,19,21-47,51H2,1-2H3,(H,52,54)(H,55,56)/b20-18-. The first kappa shape index (κ1) is 58.2. The van der Waals surface area contributed by atoms with Crippen LogP contribution in [0.4, 0.5) is 0 Å². The molecular weight excluding hydrogens is 756 g/mol. The smallest absolute Gasteiger partial charge is 0.391 e. The molecule has 0 saturated heterocycles. The fraction of sp³-hybridized carbons (Fsp3) is 0.940. The van der Waals surface area contributed by atoms with Crippen molar-refractivity contribution in [3.8, 4) is 0 Å². The number of allylic oxidation sites excluding steroid dienone is 2. The van der Waals surface area contributed by atoms with E-state index in [1.165, 1.54) is 205 Å². The Morgan fingerprint density at radius 3 is 1.25 bits per heavy atom. The van der Waals surface area contributed by atoms with Crippen LogP contribution in [0.5, 0.6) is 0 Å². The van der Waals surface area contributed by atoms with E-state index in [1.54, 1.807) is 0 Å². The predicted octanol–water partition coefficient (Wildman–Crippen LogP) is 15.1. The van der Waals surface area contributed by atoms with Crippen molar-refractivity contribution in [2.45, 2.75) is 283 Å². The lowest BCUT2D eigenvalue weighted by Crippen LogP contribution is -2.46. The van der Waals surface area contributed by atoms with Gasteiger partial charge in [0, 0.05) is 13.0 Å². The van der Waals surface area contributed by atoms with Gasteiger partial charge in [0.15, 0.2) is 0 Å². The van der Waals surface area contributed by atoms with Crippen LogP contribution in [0.1, 0.15) is 271 Å². The molecular formula is C50H101N2O6P. The van der Waals surface area contributed by atoms with E-state index >= 15 is 0 Å². The highest BCUT2D eigenvalue weighted by atomic mass is 31.2. The van der Waals surface area contributed by atoms with Crippen molar-refractivity contribution in [1.82, 2.24) is 5.32 Å². The quantitative estimate of drug-likeness (QED) is 0.0272. The maximum absolute atomic E-state index is 12.8. The monoisotopic (exact) mass is 857 g/mol. The molecule has 5 N–H and O–H groups in total. The lowest BCUT2D eigenvalue weighted by Gasteiger charge is -2.25. The number of aliphatic hydroxyl groups excluding tert-OH is 1. The van der Waals surface area contributed by atoms with Crippen molar-refractivity contribution in [3.63, 3.8) is 0 Å². The van der Waals surface area contributed by atoms with Crippen LogP contribution in [0, 0.1) is 0 Å². The Balaban J connectivity index is 4.03. The fourth-order valence-corrected chi connectivity index (χ4v) is 8.72. The summed E-state index contributed by atoms with van der Waals surface area (Å²) < 4.78 is 22.3. The number of aliphatic hydroxyl groups is 1. The van der Waals surface area contributed by atoms with Gasteiger partial charge in [0.25, 0.3) is 0 Å². The Morgan fingerprint density at radius 2 is 0.881 bits per heavy atom. The molecule has 0 aliphatic carbocycles. The average Bonchev–Trinajstić information content (AvgIpc) is 3.22. The van der Waals surface area contributed by atoms with Crippen molar-refractivity contribution in [1.29, 1.82) is 0 Å². The molecule has 0 fully saturated rings. The topological polar surface area (TPSA) is 131 Å². The maximum Gasteiger partial charge on any atom is 0.472 e. The van der Waals surface area contributed by atoms with Gasteiger partial charge in [0.2, 0.25) is 5.91 Å². The molecule has 0 aromatic rings. The molecule has 0 bridgehead atoms. The molecule has 0 aromatic carbocycles. The van der Waals surface area contributed by atoms with Gasteiger partial charge in [0.1, 0.15) is 0 Å². The highest BCUT2D eigenvalue weighted by molar-refractivity contribution is 7.47. The highest BCUT2D eigenvalue weighted by Crippen LogP contribution is 2.43. The zero-order valence-corrected chi connectivity index (χ0v) is 40.2. The first-order valence-corrected chi connectivity index (χ1v) is 27.3. The minimum atomic E-state index is -4.32. The largest absolute Gasteiger partial charge is 0.472 e. The van der Waals surface area contributed by atoms with E-state index < -0.39 is 20.0 Å². The predicted molar refractivity (Wildman–Crippen MR) is 254 cm³/mol. The average molecular weight is 857 g/mol. The molecule has 352 valence electrons. The molecule has 0 saturated carbocycles. The van der Waals surface area contributed by atoms with Crippen molar-refractivity contribution in [3.05, 3.63) is 12.2 Å². The minimum absolute atomic E-state index is 0.0907. The van der Waals surface area contributed by atoms with Crippen molar-refractivity contribution >= 4 is 13.7 Å². The molecule has 3 atom stereocenters. The van der Waals surface area contributed by atoms with Gasteiger partial charge in [-0.25, -0.2) is 4.57 Å². The summed E-state index contributed by atoms with van der Waals surface area (Å²) in [4.78, 5) is 22.8. The van der Waals surface area contributed by atoms with Crippen LogP contribution in [0.2, 0.25) is 0 Å². The molecule has 0 aliphatic heterocycles. The van der Waals surface area contributed by atoms with E-state index in [0.29, 0.717) is 12.8 Å².